The van der Waals surface area contributed by atoms with Gasteiger partial charge in [0.25, 0.3) is 0 Å². The molecule has 2 aromatic rings. The van der Waals surface area contributed by atoms with Crippen molar-refractivity contribution in [2.45, 2.75) is 5.33 Å². The second kappa shape index (κ2) is 3.64. The van der Waals surface area contributed by atoms with Crippen molar-refractivity contribution in [2.24, 2.45) is 0 Å². The number of hydrogen-bond acceptors (Lipinski definition) is 1. The summed E-state index contributed by atoms with van der Waals surface area (Å²) in [7, 11) is 0. The van der Waals surface area contributed by atoms with Gasteiger partial charge >= 0.3 is 0 Å². The van der Waals surface area contributed by atoms with Crippen LogP contribution in [0.25, 0.3) is 11.0 Å². The van der Waals surface area contributed by atoms with E-state index in [2.05, 4.69) is 31.9 Å². The fourth-order valence-electron chi connectivity index (χ4n) is 1.23. The number of fused-ring (bicyclic) bond motifs is 1. The van der Waals surface area contributed by atoms with E-state index in [1.54, 1.807) is 0 Å². The van der Waals surface area contributed by atoms with Gasteiger partial charge in [-0.1, -0.05) is 22.0 Å². The van der Waals surface area contributed by atoms with Crippen LogP contribution < -0.4 is 0 Å². The van der Waals surface area contributed by atoms with E-state index in [-0.39, 0.29) is 0 Å². The molecule has 13 heavy (non-hydrogen) atoms. The zero-order valence-electron chi connectivity index (χ0n) is 6.48. The Morgan fingerprint density at radius 3 is 2.85 bits per heavy atom. The van der Waals surface area contributed by atoms with E-state index in [9.17, 15) is 0 Å². The van der Waals surface area contributed by atoms with Gasteiger partial charge in [-0.15, -0.1) is 0 Å². The molecular weight excluding hydrogens is 319 g/mol. The first-order valence-electron chi connectivity index (χ1n) is 3.65. The van der Waals surface area contributed by atoms with Crippen molar-refractivity contribution in [3.8, 4) is 0 Å². The molecule has 0 bridgehead atoms. The van der Waals surface area contributed by atoms with Crippen molar-refractivity contribution in [1.82, 2.24) is 0 Å². The number of furan rings is 1. The minimum Gasteiger partial charge on any atom is -0.443 e. The monoisotopic (exact) mass is 322 g/mol. The molecule has 0 fully saturated rings. The summed E-state index contributed by atoms with van der Waals surface area (Å²) in [5.74, 6) is 0. The summed E-state index contributed by atoms with van der Waals surface area (Å²) in [4.78, 5) is 0. The summed E-state index contributed by atoms with van der Waals surface area (Å²) >= 11 is 12.6. The highest BCUT2D eigenvalue weighted by Gasteiger charge is 2.08. The second-order valence-electron chi connectivity index (χ2n) is 2.63. The first-order chi connectivity index (χ1) is 6.22. The summed E-state index contributed by atoms with van der Waals surface area (Å²) in [6.45, 7) is 0. The number of rotatable bonds is 1. The first-order valence-corrected chi connectivity index (χ1v) is 5.94. The average molecular weight is 324 g/mol. The molecule has 0 unspecified atom stereocenters. The van der Waals surface area contributed by atoms with Gasteiger partial charge in [0, 0.05) is 16.8 Å². The maximum atomic E-state index is 5.78. The zero-order chi connectivity index (χ0) is 9.42. The highest BCUT2D eigenvalue weighted by atomic mass is 79.9. The van der Waals surface area contributed by atoms with Crippen molar-refractivity contribution in [1.29, 1.82) is 0 Å². The predicted octanol–water partition coefficient (Wildman–Crippen LogP) is 4.74. The number of benzene rings is 1. The Balaban J connectivity index is 2.83. The Labute approximate surface area is 97.3 Å². The van der Waals surface area contributed by atoms with Crippen molar-refractivity contribution in [3.63, 3.8) is 0 Å². The molecule has 4 heteroatoms. The van der Waals surface area contributed by atoms with Crippen LogP contribution in [0.3, 0.4) is 0 Å². The van der Waals surface area contributed by atoms with Gasteiger partial charge in [0.1, 0.15) is 0 Å². The van der Waals surface area contributed by atoms with Crippen LogP contribution >= 0.6 is 43.5 Å². The summed E-state index contributed by atoms with van der Waals surface area (Å²) < 4.78 is 6.27. The maximum Gasteiger partial charge on any atom is 0.194 e. The summed E-state index contributed by atoms with van der Waals surface area (Å²) in [6, 6.07) is 5.82. The zero-order valence-corrected chi connectivity index (χ0v) is 10.4. The molecule has 0 aliphatic rings. The Morgan fingerprint density at radius 2 is 2.15 bits per heavy atom. The molecule has 0 amide bonds. The minimum atomic E-state index is 0.420. The Kier molecular flexibility index (Phi) is 2.67. The van der Waals surface area contributed by atoms with Crippen LogP contribution in [0.15, 0.2) is 27.1 Å². The third kappa shape index (κ3) is 1.65. The Morgan fingerprint density at radius 1 is 1.38 bits per heavy atom. The Hall–Kier alpha value is 0.01000. The summed E-state index contributed by atoms with van der Waals surface area (Å²) in [5.41, 5.74) is 1.98. The van der Waals surface area contributed by atoms with E-state index < -0.39 is 0 Å². The maximum absolute atomic E-state index is 5.78. The highest BCUT2D eigenvalue weighted by Crippen LogP contribution is 2.32. The minimum absolute atomic E-state index is 0.420. The molecule has 0 aliphatic heterocycles. The van der Waals surface area contributed by atoms with Crippen LogP contribution in [0, 0.1) is 0 Å². The van der Waals surface area contributed by atoms with Crippen molar-refractivity contribution < 1.29 is 4.42 Å². The van der Waals surface area contributed by atoms with E-state index in [0.29, 0.717) is 5.22 Å². The topological polar surface area (TPSA) is 13.1 Å². The SMILES string of the molecule is Clc1cc2c(CBr)ccc(Br)c2o1. The van der Waals surface area contributed by atoms with Crippen LogP contribution in [0.1, 0.15) is 5.56 Å². The molecule has 1 aromatic heterocycles. The molecule has 0 radical (unpaired) electrons. The second-order valence-corrected chi connectivity index (χ2v) is 4.42. The predicted molar refractivity (Wildman–Crippen MR) is 61.6 cm³/mol. The molecule has 2 rings (SSSR count). The molecule has 0 aliphatic carbocycles. The van der Waals surface area contributed by atoms with Crippen LogP contribution in [0.5, 0.6) is 0 Å². The van der Waals surface area contributed by atoms with Gasteiger partial charge in [-0.2, -0.15) is 0 Å². The van der Waals surface area contributed by atoms with E-state index in [0.717, 1.165) is 20.8 Å². The molecule has 1 heterocycles. The van der Waals surface area contributed by atoms with E-state index in [4.69, 9.17) is 16.0 Å². The van der Waals surface area contributed by atoms with Crippen LogP contribution in [-0.2, 0) is 5.33 Å². The largest absolute Gasteiger partial charge is 0.443 e. The molecule has 0 atom stereocenters. The highest BCUT2D eigenvalue weighted by molar-refractivity contribution is 9.10. The molecule has 1 aromatic carbocycles. The molecular formula is C9H5Br2ClO. The third-order valence-electron chi connectivity index (χ3n) is 1.84. The van der Waals surface area contributed by atoms with Crippen molar-refractivity contribution in [3.05, 3.63) is 33.5 Å². The van der Waals surface area contributed by atoms with Crippen LogP contribution in [0.4, 0.5) is 0 Å². The number of hydrogen-bond donors (Lipinski definition) is 0. The molecule has 0 spiro atoms. The smallest absolute Gasteiger partial charge is 0.194 e. The lowest BCUT2D eigenvalue weighted by atomic mass is 10.1. The molecule has 1 nitrogen and oxygen atoms in total. The number of halogens is 3. The fourth-order valence-corrected chi connectivity index (χ4v) is 2.33. The molecule has 68 valence electrons. The van der Waals surface area contributed by atoms with Gasteiger partial charge in [0.15, 0.2) is 10.8 Å². The van der Waals surface area contributed by atoms with Gasteiger partial charge in [0.05, 0.1) is 4.47 Å². The van der Waals surface area contributed by atoms with Gasteiger partial charge in [0.2, 0.25) is 0 Å². The van der Waals surface area contributed by atoms with Crippen molar-refractivity contribution >= 4 is 54.4 Å². The van der Waals surface area contributed by atoms with E-state index >= 15 is 0 Å². The molecule has 0 saturated heterocycles. The fraction of sp³-hybridized carbons (Fsp3) is 0.111. The van der Waals surface area contributed by atoms with E-state index in [1.807, 2.05) is 18.2 Å². The van der Waals surface area contributed by atoms with Crippen molar-refractivity contribution in [2.75, 3.05) is 0 Å². The Bertz CT molecular complexity index is 450. The molecule has 0 N–H and O–H groups in total. The van der Waals surface area contributed by atoms with Crippen LogP contribution in [-0.4, -0.2) is 0 Å². The normalized spacial score (nSPS) is 11.0. The number of alkyl halides is 1. The quantitative estimate of drug-likeness (QED) is 0.690. The van der Waals surface area contributed by atoms with Gasteiger partial charge in [-0.3, -0.25) is 0 Å². The lowest BCUT2D eigenvalue weighted by molar-refractivity contribution is 0.616. The summed E-state index contributed by atoms with van der Waals surface area (Å²) in [5, 5.41) is 2.27. The first kappa shape index (κ1) is 9.56. The standard InChI is InChI=1S/C9H5Br2ClO/c10-4-5-1-2-7(11)9-6(5)3-8(12)13-9/h1-3H,4H2. The lowest BCUT2D eigenvalue weighted by Crippen LogP contribution is -1.78. The van der Waals surface area contributed by atoms with Gasteiger partial charge < -0.3 is 4.42 Å². The molecule has 0 saturated carbocycles. The van der Waals surface area contributed by atoms with Gasteiger partial charge in [-0.05, 0) is 39.2 Å². The average Bonchev–Trinajstić information content (AvgIpc) is 2.48. The van der Waals surface area contributed by atoms with E-state index in [1.165, 1.54) is 5.56 Å². The van der Waals surface area contributed by atoms with Gasteiger partial charge in [-0.25, -0.2) is 0 Å². The third-order valence-corrected chi connectivity index (χ3v) is 3.25. The lowest BCUT2D eigenvalue weighted by Gasteiger charge is -1.97. The van der Waals surface area contributed by atoms with Crippen LogP contribution in [0.2, 0.25) is 5.22 Å². The summed E-state index contributed by atoms with van der Waals surface area (Å²) in [6.07, 6.45) is 0.